The molecule has 1 heterocycles. The van der Waals surface area contributed by atoms with Crippen molar-refractivity contribution in [3.63, 3.8) is 0 Å². The summed E-state index contributed by atoms with van der Waals surface area (Å²) in [5.74, 6) is -0.307. The molecule has 0 aliphatic rings. The van der Waals surface area contributed by atoms with E-state index >= 15 is 0 Å². The first-order chi connectivity index (χ1) is 10.4. The van der Waals surface area contributed by atoms with Crippen molar-refractivity contribution < 1.29 is 18.0 Å². The van der Waals surface area contributed by atoms with Crippen LogP contribution in [0, 0.1) is 0 Å². The SMILES string of the molecule is CC(CC(=O)NCc1ccccc1C(F)(F)F)n1ccnc1. The largest absolute Gasteiger partial charge is 0.416 e. The molecular formula is C15H16F3N3O. The number of carbonyl (C=O) groups excluding carboxylic acids is 1. The van der Waals surface area contributed by atoms with Crippen LogP contribution >= 0.6 is 0 Å². The highest BCUT2D eigenvalue weighted by Crippen LogP contribution is 2.31. The third kappa shape index (κ3) is 4.09. The predicted octanol–water partition coefficient (Wildman–Crippen LogP) is 3.17. The first kappa shape index (κ1) is 16.1. The van der Waals surface area contributed by atoms with Crippen LogP contribution in [0.5, 0.6) is 0 Å². The van der Waals surface area contributed by atoms with E-state index in [-0.39, 0.29) is 30.5 Å². The lowest BCUT2D eigenvalue weighted by Crippen LogP contribution is -2.26. The topological polar surface area (TPSA) is 46.9 Å². The molecule has 1 N–H and O–H groups in total. The Morgan fingerprint density at radius 2 is 2.09 bits per heavy atom. The molecule has 1 amide bonds. The minimum absolute atomic E-state index is 0.0543. The zero-order valence-electron chi connectivity index (χ0n) is 12.0. The number of halogens is 3. The summed E-state index contributed by atoms with van der Waals surface area (Å²) in [6.45, 7) is 1.69. The lowest BCUT2D eigenvalue weighted by atomic mass is 10.1. The Labute approximate surface area is 126 Å². The van der Waals surface area contributed by atoms with Crippen LogP contribution in [0.1, 0.15) is 30.5 Å². The van der Waals surface area contributed by atoms with Crippen molar-refractivity contribution in [3.8, 4) is 0 Å². The van der Waals surface area contributed by atoms with Crippen LogP contribution in [0.4, 0.5) is 13.2 Å². The van der Waals surface area contributed by atoms with Gasteiger partial charge in [0, 0.05) is 31.4 Å². The van der Waals surface area contributed by atoms with Crippen LogP contribution in [0.2, 0.25) is 0 Å². The van der Waals surface area contributed by atoms with Crippen molar-refractivity contribution in [3.05, 3.63) is 54.1 Å². The number of benzene rings is 1. The van der Waals surface area contributed by atoms with Gasteiger partial charge in [-0.3, -0.25) is 4.79 Å². The van der Waals surface area contributed by atoms with Crippen LogP contribution < -0.4 is 5.32 Å². The number of rotatable bonds is 5. The Balaban J connectivity index is 1.95. The van der Waals surface area contributed by atoms with Crippen LogP contribution in [0.3, 0.4) is 0 Å². The first-order valence-corrected chi connectivity index (χ1v) is 6.77. The van der Waals surface area contributed by atoms with Gasteiger partial charge < -0.3 is 9.88 Å². The molecule has 2 aromatic rings. The molecule has 0 saturated heterocycles. The van der Waals surface area contributed by atoms with Crippen molar-refractivity contribution in [1.82, 2.24) is 14.9 Å². The number of aromatic nitrogens is 2. The maximum absolute atomic E-state index is 12.8. The standard InChI is InChI=1S/C15H16F3N3O/c1-11(21-7-6-19-10-21)8-14(22)20-9-12-4-2-3-5-13(12)15(16,17)18/h2-7,10-11H,8-9H2,1H3,(H,20,22). The minimum Gasteiger partial charge on any atom is -0.352 e. The molecule has 0 radical (unpaired) electrons. The molecule has 0 fully saturated rings. The van der Waals surface area contributed by atoms with Gasteiger partial charge in [0.2, 0.25) is 5.91 Å². The van der Waals surface area contributed by atoms with Crippen LogP contribution in [-0.2, 0) is 17.5 Å². The van der Waals surface area contributed by atoms with E-state index in [0.717, 1.165) is 6.07 Å². The summed E-state index contributed by atoms with van der Waals surface area (Å²) in [5, 5.41) is 2.53. The predicted molar refractivity (Wildman–Crippen MR) is 74.8 cm³/mol. The second-order valence-corrected chi connectivity index (χ2v) is 4.99. The fourth-order valence-electron chi connectivity index (χ4n) is 2.12. The molecule has 0 saturated carbocycles. The molecule has 118 valence electrons. The zero-order chi connectivity index (χ0) is 16.2. The lowest BCUT2D eigenvalue weighted by molar-refractivity contribution is -0.138. The normalized spacial score (nSPS) is 12.9. The quantitative estimate of drug-likeness (QED) is 0.922. The highest BCUT2D eigenvalue weighted by Gasteiger charge is 2.32. The lowest BCUT2D eigenvalue weighted by Gasteiger charge is -2.15. The molecule has 22 heavy (non-hydrogen) atoms. The van der Waals surface area contributed by atoms with Gasteiger partial charge in [0.1, 0.15) is 0 Å². The first-order valence-electron chi connectivity index (χ1n) is 6.77. The molecular weight excluding hydrogens is 295 g/mol. The van der Waals surface area contributed by atoms with E-state index in [1.54, 1.807) is 23.3 Å². The van der Waals surface area contributed by atoms with Gasteiger partial charge in [0.15, 0.2) is 0 Å². The number of alkyl halides is 3. The number of hydrogen-bond donors (Lipinski definition) is 1. The van der Waals surface area contributed by atoms with Gasteiger partial charge >= 0.3 is 6.18 Å². The van der Waals surface area contributed by atoms with E-state index in [1.807, 2.05) is 6.92 Å². The summed E-state index contributed by atoms with van der Waals surface area (Å²) in [4.78, 5) is 15.7. The molecule has 2 rings (SSSR count). The van der Waals surface area contributed by atoms with E-state index in [4.69, 9.17) is 0 Å². The maximum Gasteiger partial charge on any atom is 0.416 e. The van der Waals surface area contributed by atoms with Gasteiger partial charge in [-0.05, 0) is 18.6 Å². The van der Waals surface area contributed by atoms with E-state index in [2.05, 4.69) is 10.3 Å². The summed E-state index contributed by atoms with van der Waals surface area (Å²) in [7, 11) is 0. The van der Waals surface area contributed by atoms with Gasteiger partial charge in [0.25, 0.3) is 0 Å². The van der Waals surface area contributed by atoms with Gasteiger partial charge in [-0.25, -0.2) is 4.98 Å². The molecule has 1 atom stereocenters. The average Bonchev–Trinajstić information content (AvgIpc) is 2.98. The second kappa shape index (κ2) is 6.64. The Hall–Kier alpha value is -2.31. The summed E-state index contributed by atoms with van der Waals surface area (Å²) >= 11 is 0. The number of amides is 1. The molecule has 1 aromatic heterocycles. The monoisotopic (exact) mass is 311 g/mol. The maximum atomic E-state index is 12.8. The van der Waals surface area contributed by atoms with Crippen LogP contribution in [0.25, 0.3) is 0 Å². The van der Waals surface area contributed by atoms with E-state index in [0.29, 0.717) is 0 Å². The van der Waals surface area contributed by atoms with Crippen LogP contribution in [0.15, 0.2) is 43.0 Å². The zero-order valence-corrected chi connectivity index (χ0v) is 12.0. The molecule has 0 aliphatic carbocycles. The molecule has 1 unspecified atom stereocenters. The molecule has 7 heteroatoms. The highest BCUT2D eigenvalue weighted by molar-refractivity contribution is 5.76. The van der Waals surface area contributed by atoms with E-state index < -0.39 is 11.7 Å². The van der Waals surface area contributed by atoms with Crippen molar-refractivity contribution in [2.45, 2.75) is 32.1 Å². The van der Waals surface area contributed by atoms with Gasteiger partial charge in [-0.15, -0.1) is 0 Å². The van der Waals surface area contributed by atoms with Gasteiger partial charge in [-0.1, -0.05) is 18.2 Å². The number of hydrogen-bond acceptors (Lipinski definition) is 2. The minimum atomic E-state index is -4.43. The Morgan fingerprint density at radius 3 is 2.73 bits per heavy atom. The Morgan fingerprint density at radius 1 is 1.36 bits per heavy atom. The molecule has 0 aliphatic heterocycles. The molecule has 4 nitrogen and oxygen atoms in total. The fourth-order valence-corrected chi connectivity index (χ4v) is 2.12. The summed E-state index contributed by atoms with van der Waals surface area (Å²) < 4.78 is 40.3. The van der Waals surface area contributed by atoms with E-state index in [1.165, 1.54) is 18.2 Å². The number of imidazole rings is 1. The highest BCUT2D eigenvalue weighted by atomic mass is 19.4. The summed E-state index contributed by atoms with van der Waals surface area (Å²) in [6.07, 6.45) is 0.678. The number of carbonyl (C=O) groups is 1. The van der Waals surface area contributed by atoms with Crippen molar-refractivity contribution in [1.29, 1.82) is 0 Å². The van der Waals surface area contributed by atoms with Crippen LogP contribution in [-0.4, -0.2) is 15.5 Å². The number of nitrogens with zero attached hydrogens (tertiary/aromatic N) is 2. The molecule has 1 aromatic carbocycles. The van der Waals surface area contributed by atoms with E-state index in [9.17, 15) is 18.0 Å². The number of nitrogens with one attached hydrogen (secondary N) is 1. The smallest absolute Gasteiger partial charge is 0.352 e. The average molecular weight is 311 g/mol. The van der Waals surface area contributed by atoms with Crippen molar-refractivity contribution in [2.24, 2.45) is 0 Å². The fraction of sp³-hybridized carbons (Fsp3) is 0.333. The second-order valence-electron chi connectivity index (χ2n) is 4.99. The third-order valence-electron chi connectivity index (χ3n) is 3.31. The summed E-state index contributed by atoms with van der Waals surface area (Å²) in [5.41, 5.74) is -0.670. The Kier molecular flexibility index (Phi) is 4.85. The molecule has 0 bridgehead atoms. The summed E-state index contributed by atoms with van der Waals surface area (Å²) in [6, 6.07) is 5.11. The van der Waals surface area contributed by atoms with Crippen molar-refractivity contribution >= 4 is 5.91 Å². The Bertz CT molecular complexity index is 623. The van der Waals surface area contributed by atoms with Crippen molar-refractivity contribution in [2.75, 3.05) is 0 Å². The third-order valence-corrected chi connectivity index (χ3v) is 3.31. The van der Waals surface area contributed by atoms with Gasteiger partial charge in [0.05, 0.1) is 11.9 Å². The van der Waals surface area contributed by atoms with Gasteiger partial charge in [-0.2, -0.15) is 13.2 Å². The molecule has 0 spiro atoms.